The third-order valence-corrected chi connectivity index (χ3v) is 6.22. The Labute approximate surface area is 202 Å². The molecular weight excluding hydrogens is 455 g/mol. The lowest BCUT2D eigenvalue weighted by molar-refractivity contribution is -0.385. The van der Waals surface area contributed by atoms with Crippen LogP contribution in [-0.2, 0) is 6.42 Å². The van der Waals surface area contributed by atoms with Crippen LogP contribution in [0.1, 0.15) is 33.1 Å². The molecule has 182 valence electrons. The van der Waals surface area contributed by atoms with Gasteiger partial charge in [-0.05, 0) is 66.9 Å². The topological polar surface area (TPSA) is 91.1 Å². The zero-order valence-corrected chi connectivity index (χ0v) is 19.6. The smallest absolute Gasteiger partial charge is 0.273 e. The Morgan fingerprint density at radius 3 is 2.46 bits per heavy atom. The number of methoxy groups -OCH3 is 2. The van der Waals surface area contributed by atoms with E-state index in [-0.39, 0.29) is 29.6 Å². The monoisotopic (exact) mass is 480 g/mol. The van der Waals surface area contributed by atoms with E-state index in [1.165, 1.54) is 43.5 Å². The van der Waals surface area contributed by atoms with Crippen LogP contribution in [-0.4, -0.2) is 43.1 Å². The highest BCUT2D eigenvalue weighted by Gasteiger charge is 2.34. The van der Waals surface area contributed by atoms with E-state index in [2.05, 4.69) is 0 Å². The first kappa shape index (κ1) is 24.0. The van der Waals surface area contributed by atoms with Crippen LogP contribution >= 0.6 is 0 Å². The number of carbonyl (C=O) groups is 1. The van der Waals surface area contributed by atoms with Crippen LogP contribution in [0.3, 0.4) is 0 Å². The standard InChI is InChI=1S/C26H25FN2O6/c1-16-20(5-4-6-22(16)29(31)32)26(30)28-12-11-17-13-24(33-2)25(34-3)14-21(17)23(28)15-35-19-9-7-18(27)8-10-19/h4-10,13-14,23H,11-12,15H2,1-3H3/t23-/m1/s1. The molecular formula is C26H25FN2O6. The Bertz CT molecular complexity index is 1260. The molecule has 0 saturated heterocycles. The molecule has 0 aromatic heterocycles. The summed E-state index contributed by atoms with van der Waals surface area (Å²) < 4.78 is 30.2. The quantitative estimate of drug-likeness (QED) is 0.354. The minimum absolute atomic E-state index is 0.0911. The predicted octanol–water partition coefficient (Wildman–Crippen LogP) is 4.88. The summed E-state index contributed by atoms with van der Waals surface area (Å²) in [6.07, 6.45) is 0.558. The maximum atomic E-state index is 13.7. The highest BCUT2D eigenvalue weighted by Crippen LogP contribution is 2.39. The van der Waals surface area contributed by atoms with Crippen LogP contribution in [0.4, 0.5) is 10.1 Å². The molecule has 3 aromatic rings. The largest absolute Gasteiger partial charge is 0.493 e. The van der Waals surface area contributed by atoms with Crippen molar-refractivity contribution < 1.29 is 28.3 Å². The zero-order chi connectivity index (χ0) is 25.1. The molecule has 9 heteroatoms. The Kier molecular flexibility index (Phi) is 6.86. The summed E-state index contributed by atoms with van der Waals surface area (Å²) in [5.41, 5.74) is 2.26. The number of amides is 1. The van der Waals surface area contributed by atoms with E-state index in [1.54, 1.807) is 25.0 Å². The number of carbonyl (C=O) groups excluding carboxylic acids is 1. The van der Waals surface area contributed by atoms with E-state index >= 15 is 0 Å². The Hall–Kier alpha value is -4.14. The van der Waals surface area contributed by atoms with Gasteiger partial charge in [-0.2, -0.15) is 0 Å². The Morgan fingerprint density at radius 1 is 1.11 bits per heavy atom. The number of rotatable bonds is 7. The van der Waals surface area contributed by atoms with Gasteiger partial charge in [0.05, 0.1) is 25.2 Å². The van der Waals surface area contributed by atoms with Crippen molar-refractivity contribution in [3.63, 3.8) is 0 Å². The molecule has 1 aliphatic rings. The van der Waals surface area contributed by atoms with Crippen LogP contribution in [0.15, 0.2) is 54.6 Å². The summed E-state index contributed by atoms with van der Waals surface area (Å²) in [6, 6.07) is 13.3. The van der Waals surface area contributed by atoms with Crippen molar-refractivity contribution in [1.29, 1.82) is 0 Å². The number of hydrogen-bond donors (Lipinski definition) is 0. The van der Waals surface area contributed by atoms with Crippen LogP contribution < -0.4 is 14.2 Å². The number of halogens is 1. The fourth-order valence-electron chi connectivity index (χ4n) is 4.36. The molecule has 35 heavy (non-hydrogen) atoms. The highest BCUT2D eigenvalue weighted by atomic mass is 19.1. The van der Waals surface area contributed by atoms with Gasteiger partial charge in [-0.3, -0.25) is 14.9 Å². The average Bonchev–Trinajstić information content (AvgIpc) is 2.86. The van der Waals surface area contributed by atoms with Gasteiger partial charge in [0.15, 0.2) is 11.5 Å². The van der Waals surface area contributed by atoms with Crippen molar-refractivity contribution in [2.75, 3.05) is 27.4 Å². The molecule has 4 rings (SSSR count). The number of fused-ring (bicyclic) bond motifs is 1. The molecule has 1 aliphatic heterocycles. The lowest BCUT2D eigenvalue weighted by atomic mass is 9.91. The second-order valence-electron chi connectivity index (χ2n) is 8.14. The normalized spacial score (nSPS) is 14.7. The molecule has 0 spiro atoms. The van der Waals surface area contributed by atoms with Gasteiger partial charge in [0.25, 0.3) is 11.6 Å². The van der Waals surface area contributed by atoms with Crippen molar-refractivity contribution in [2.24, 2.45) is 0 Å². The molecule has 3 aromatic carbocycles. The third-order valence-electron chi connectivity index (χ3n) is 6.22. The summed E-state index contributed by atoms with van der Waals surface area (Å²) in [5.74, 6) is 0.838. The van der Waals surface area contributed by atoms with Gasteiger partial charge in [0.2, 0.25) is 0 Å². The number of hydrogen-bond acceptors (Lipinski definition) is 6. The Balaban J connectivity index is 1.74. The summed E-state index contributed by atoms with van der Waals surface area (Å²) in [7, 11) is 3.09. The predicted molar refractivity (Wildman–Crippen MR) is 127 cm³/mol. The molecule has 0 radical (unpaired) electrons. The van der Waals surface area contributed by atoms with Gasteiger partial charge in [-0.1, -0.05) is 6.07 Å². The van der Waals surface area contributed by atoms with Gasteiger partial charge in [-0.15, -0.1) is 0 Å². The highest BCUT2D eigenvalue weighted by molar-refractivity contribution is 5.97. The minimum atomic E-state index is -0.519. The van der Waals surface area contributed by atoms with Gasteiger partial charge < -0.3 is 19.1 Å². The van der Waals surface area contributed by atoms with Gasteiger partial charge >= 0.3 is 0 Å². The van der Waals surface area contributed by atoms with E-state index < -0.39 is 11.0 Å². The summed E-state index contributed by atoms with van der Waals surface area (Å²) in [6.45, 7) is 2.04. The second-order valence-corrected chi connectivity index (χ2v) is 8.14. The number of nitro groups is 1. The number of benzene rings is 3. The molecule has 0 aliphatic carbocycles. The Morgan fingerprint density at radius 2 is 1.80 bits per heavy atom. The van der Waals surface area contributed by atoms with Crippen LogP contribution in [0.5, 0.6) is 17.2 Å². The van der Waals surface area contributed by atoms with Crippen molar-refractivity contribution in [3.8, 4) is 17.2 Å². The minimum Gasteiger partial charge on any atom is -0.493 e. The van der Waals surface area contributed by atoms with Gasteiger partial charge in [0.1, 0.15) is 18.2 Å². The summed E-state index contributed by atoms with van der Waals surface area (Å²) in [5, 5.41) is 11.4. The first-order chi connectivity index (χ1) is 16.8. The first-order valence-corrected chi connectivity index (χ1v) is 11.0. The average molecular weight is 480 g/mol. The zero-order valence-electron chi connectivity index (χ0n) is 19.6. The summed E-state index contributed by atoms with van der Waals surface area (Å²) in [4.78, 5) is 26.3. The van der Waals surface area contributed by atoms with Gasteiger partial charge in [0, 0.05) is 23.7 Å². The molecule has 0 N–H and O–H groups in total. The summed E-state index contributed by atoms with van der Waals surface area (Å²) >= 11 is 0. The molecule has 8 nitrogen and oxygen atoms in total. The van der Waals surface area contributed by atoms with Crippen molar-refractivity contribution in [1.82, 2.24) is 4.90 Å². The van der Waals surface area contributed by atoms with Crippen molar-refractivity contribution in [3.05, 3.63) is 92.8 Å². The first-order valence-electron chi connectivity index (χ1n) is 11.0. The number of ether oxygens (including phenoxy) is 3. The maximum absolute atomic E-state index is 13.7. The van der Waals surface area contributed by atoms with E-state index in [1.807, 2.05) is 12.1 Å². The maximum Gasteiger partial charge on any atom is 0.273 e. The molecule has 0 saturated carbocycles. The van der Waals surface area contributed by atoms with E-state index in [0.29, 0.717) is 35.8 Å². The van der Waals surface area contributed by atoms with E-state index in [0.717, 1.165) is 11.1 Å². The molecule has 1 heterocycles. The SMILES string of the molecule is COc1cc2c(cc1OC)[C@@H](COc1ccc(F)cc1)N(C(=O)c1cccc([N+](=O)[O-])c1C)CC2. The lowest BCUT2D eigenvalue weighted by Gasteiger charge is -2.38. The lowest BCUT2D eigenvalue weighted by Crippen LogP contribution is -2.42. The molecule has 1 amide bonds. The fourth-order valence-corrected chi connectivity index (χ4v) is 4.36. The van der Waals surface area contributed by atoms with Crippen LogP contribution in [0.25, 0.3) is 0 Å². The number of nitro benzene ring substituents is 1. The molecule has 0 fully saturated rings. The van der Waals surface area contributed by atoms with Crippen molar-refractivity contribution in [2.45, 2.75) is 19.4 Å². The van der Waals surface area contributed by atoms with Gasteiger partial charge in [-0.25, -0.2) is 4.39 Å². The number of nitrogens with zero attached hydrogens (tertiary/aromatic N) is 2. The van der Waals surface area contributed by atoms with Crippen LogP contribution in [0, 0.1) is 22.9 Å². The fraction of sp³-hybridized carbons (Fsp3) is 0.269. The van der Waals surface area contributed by atoms with E-state index in [9.17, 15) is 19.3 Å². The molecule has 0 bridgehead atoms. The second kappa shape index (κ2) is 10.0. The van der Waals surface area contributed by atoms with E-state index in [4.69, 9.17) is 14.2 Å². The molecule has 0 unspecified atom stereocenters. The third kappa shape index (κ3) is 4.75. The van der Waals surface area contributed by atoms with Crippen LogP contribution in [0.2, 0.25) is 0 Å². The molecule has 1 atom stereocenters. The van der Waals surface area contributed by atoms with Crippen molar-refractivity contribution >= 4 is 11.6 Å².